The number of carboxylic acid groups (broad SMARTS) is 1. The van der Waals surface area contributed by atoms with Crippen molar-refractivity contribution >= 4 is 16.0 Å². The first-order chi connectivity index (χ1) is 6.48. The molecule has 0 aromatic carbocycles. The quantitative estimate of drug-likeness (QED) is 0.508. The van der Waals surface area contributed by atoms with Gasteiger partial charge in [-0.15, -0.1) is 0 Å². The number of hydrogen-bond donors (Lipinski definition) is 2. The number of nitrogens with one attached hydrogen (secondary N) is 1. The van der Waals surface area contributed by atoms with Crippen LogP contribution in [0.25, 0.3) is 0 Å². The van der Waals surface area contributed by atoms with Crippen molar-refractivity contribution < 1.29 is 23.1 Å². The fourth-order valence-corrected chi connectivity index (χ4v) is 1.23. The van der Waals surface area contributed by atoms with E-state index in [4.69, 9.17) is 10.4 Å². The van der Waals surface area contributed by atoms with E-state index >= 15 is 0 Å². The third-order valence-corrected chi connectivity index (χ3v) is 2.20. The van der Waals surface area contributed by atoms with Gasteiger partial charge in [-0.25, -0.2) is 17.9 Å². The Morgan fingerprint density at radius 1 is 1.57 bits per heavy atom. The van der Waals surface area contributed by atoms with E-state index in [1.54, 1.807) is 0 Å². The van der Waals surface area contributed by atoms with Crippen LogP contribution < -0.4 is 4.72 Å². The molecule has 7 nitrogen and oxygen atoms in total. The van der Waals surface area contributed by atoms with Crippen LogP contribution in [-0.2, 0) is 19.6 Å². The molecule has 80 valence electrons. The van der Waals surface area contributed by atoms with E-state index in [2.05, 4.69) is 9.46 Å². The minimum absolute atomic E-state index is 0.0444. The average molecular weight is 222 g/mol. The van der Waals surface area contributed by atoms with Crippen LogP contribution in [0, 0.1) is 11.3 Å². The molecule has 0 saturated heterocycles. The summed E-state index contributed by atoms with van der Waals surface area (Å²) in [6.45, 7) is -0.561. The van der Waals surface area contributed by atoms with Crippen molar-refractivity contribution in [1.29, 1.82) is 5.26 Å². The number of carbonyl (C=O) groups is 1. The lowest BCUT2D eigenvalue weighted by molar-refractivity contribution is -0.142. The number of ether oxygens (including phenoxy) is 1. The molecule has 0 unspecified atom stereocenters. The monoisotopic (exact) mass is 222 g/mol. The first kappa shape index (κ1) is 12.8. The van der Waals surface area contributed by atoms with Crippen LogP contribution in [0.2, 0.25) is 0 Å². The van der Waals surface area contributed by atoms with Crippen molar-refractivity contribution in [2.24, 2.45) is 0 Å². The van der Waals surface area contributed by atoms with Crippen LogP contribution >= 0.6 is 0 Å². The maximum absolute atomic E-state index is 10.8. The van der Waals surface area contributed by atoms with E-state index in [1.165, 1.54) is 6.07 Å². The summed E-state index contributed by atoms with van der Waals surface area (Å²) in [6.07, 6.45) is 0. The Hall–Kier alpha value is -1.17. The lowest BCUT2D eigenvalue weighted by atomic mass is 10.7. The van der Waals surface area contributed by atoms with Gasteiger partial charge in [0.2, 0.25) is 10.0 Å². The minimum Gasteiger partial charge on any atom is -0.480 e. The standard InChI is InChI=1S/C6H10N2O5S/c7-1-4-14(11,12)8-2-3-13-5-6(9)10/h8H,2-5H2,(H,9,10). The SMILES string of the molecule is N#CCS(=O)(=O)NCCOCC(=O)O. The van der Waals surface area contributed by atoms with Crippen LogP contribution in [0.5, 0.6) is 0 Å². The number of sulfonamides is 1. The van der Waals surface area contributed by atoms with Crippen LogP contribution in [0.15, 0.2) is 0 Å². The predicted molar refractivity (Wildman–Crippen MR) is 45.9 cm³/mol. The number of hydrogen-bond acceptors (Lipinski definition) is 5. The molecule has 0 amide bonds. The summed E-state index contributed by atoms with van der Waals surface area (Å²) in [7, 11) is -3.57. The van der Waals surface area contributed by atoms with Crippen molar-refractivity contribution in [2.75, 3.05) is 25.5 Å². The lowest BCUT2D eigenvalue weighted by Crippen LogP contribution is -2.29. The molecule has 0 aliphatic heterocycles. The van der Waals surface area contributed by atoms with Gasteiger partial charge in [0.1, 0.15) is 6.61 Å². The third kappa shape index (κ3) is 7.48. The minimum atomic E-state index is -3.57. The second-order valence-electron chi connectivity index (χ2n) is 2.26. The molecule has 2 N–H and O–H groups in total. The molecule has 0 fully saturated rings. The zero-order chi connectivity index (χ0) is 11.0. The highest BCUT2D eigenvalue weighted by Crippen LogP contribution is 1.81. The highest BCUT2D eigenvalue weighted by molar-refractivity contribution is 7.89. The Morgan fingerprint density at radius 2 is 2.21 bits per heavy atom. The molecule has 0 heterocycles. The Morgan fingerprint density at radius 3 is 2.71 bits per heavy atom. The van der Waals surface area contributed by atoms with Crippen LogP contribution in [0.4, 0.5) is 0 Å². The van der Waals surface area contributed by atoms with Crippen molar-refractivity contribution in [3.05, 3.63) is 0 Å². The molecule has 0 aliphatic carbocycles. The summed E-state index contributed by atoms with van der Waals surface area (Å²) in [5.41, 5.74) is 0. The van der Waals surface area contributed by atoms with E-state index in [1.807, 2.05) is 0 Å². The molecule has 0 saturated carbocycles. The molecule has 0 aromatic heterocycles. The fraction of sp³-hybridized carbons (Fsp3) is 0.667. The van der Waals surface area contributed by atoms with E-state index in [0.29, 0.717) is 0 Å². The largest absolute Gasteiger partial charge is 0.480 e. The predicted octanol–water partition coefficient (Wildman–Crippen LogP) is -1.47. The van der Waals surface area contributed by atoms with E-state index in [-0.39, 0.29) is 13.2 Å². The van der Waals surface area contributed by atoms with Crippen molar-refractivity contribution in [1.82, 2.24) is 4.72 Å². The summed E-state index contributed by atoms with van der Waals surface area (Å²) in [5.74, 6) is -1.74. The molecule has 0 rings (SSSR count). The van der Waals surface area contributed by atoms with Gasteiger partial charge >= 0.3 is 5.97 Å². The molecule has 0 bridgehead atoms. The van der Waals surface area contributed by atoms with Gasteiger partial charge in [-0.3, -0.25) is 0 Å². The molecule has 0 aromatic rings. The first-order valence-electron chi connectivity index (χ1n) is 3.62. The van der Waals surface area contributed by atoms with Gasteiger partial charge in [0.05, 0.1) is 12.7 Å². The summed E-state index contributed by atoms with van der Waals surface area (Å²) >= 11 is 0. The normalized spacial score (nSPS) is 10.8. The van der Waals surface area contributed by atoms with Crippen LogP contribution in [-0.4, -0.2) is 45.0 Å². The van der Waals surface area contributed by atoms with Crippen LogP contribution in [0.3, 0.4) is 0 Å². The van der Waals surface area contributed by atoms with Gasteiger partial charge in [-0.1, -0.05) is 0 Å². The highest BCUT2D eigenvalue weighted by atomic mass is 32.2. The fourth-order valence-electron chi connectivity index (χ4n) is 0.565. The topological polar surface area (TPSA) is 116 Å². The van der Waals surface area contributed by atoms with Gasteiger partial charge in [-0.2, -0.15) is 5.26 Å². The first-order valence-corrected chi connectivity index (χ1v) is 5.27. The molecular weight excluding hydrogens is 212 g/mol. The Balaban J connectivity index is 3.56. The Kier molecular flexibility index (Phi) is 5.78. The van der Waals surface area contributed by atoms with Gasteiger partial charge in [-0.05, 0) is 0 Å². The van der Waals surface area contributed by atoms with E-state index in [0.717, 1.165) is 0 Å². The summed E-state index contributed by atoms with van der Waals surface area (Å²) in [5, 5.41) is 16.2. The maximum atomic E-state index is 10.8. The second kappa shape index (κ2) is 6.31. The molecule has 14 heavy (non-hydrogen) atoms. The third-order valence-electron chi connectivity index (χ3n) is 1.05. The summed E-state index contributed by atoms with van der Waals surface area (Å²) < 4.78 is 28.3. The van der Waals surface area contributed by atoms with Gasteiger partial charge < -0.3 is 9.84 Å². The summed E-state index contributed by atoms with van der Waals surface area (Å²) in [6, 6.07) is 1.48. The smallest absolute Gasteiger partial charge is 0.329 e. The number of carboxylic acids is 1. The lowest BCUT2D eigenvalue weighted by Gasteiger charge is -2.02. The zero-order valence-corrected chi connectivity index (χ0v) is 8.08. The van der Waals surface area contributed by atoms with E-state index in [9.17, 15) is 13.2 Å². The number of nitrogens with zero attached hydrogens (tertiary/aromatic N) is 1. The molecule has 0 atom stereocenters. The molecular formula is C6H10N2O5S. The van der Waals surface area contributed by atoms with E-state index < -0.39 is 28.4 Å². The van der Waals surface area contributed by atoms with Crippen molar-refractivity contribution in [3.8, 4) is 6.07 Å². The molecule has 0 spiro atoms. The van der Waals surface area contributed by atoms with Crippen molar-refractivity contribution in [2.45, 2.75) is 0 Å². The highest BCUT2D eigenvalue weighted by Gasteiger charge is 2.07. The van der Waals surface area contributed by atoms with Gasteiger partial charge in [0.25, 0.3) is 0 Å². The molecule has 8 heteroatoms. The molecule has 0 radical (unpaired) electrons. The Labute approximate surface area is 81.3 Å². The van der Waals surface area contributed by atoms with Gasteiger partial charge in [0.15, 0.2) is 5.75 Å². The Bertz CT molecular complexity index is 318. The number of aliphatic carboxylic acids is 1. The summed E-state index contributed by atoms with van der Waals surface area (Å²) in [4.78, 5) is 9.96. The molecule has 0 aliphatic rings. The maximum Gasteiger partial charge on any atom is 0.329 e. The van der Waals surface area contributed by atoms with Crippen LogP contribution in [0.1, 0.15) is 0 Å². The van der Waals surface area contributed by atoms with Gasteiger partial charge in [0, 0.05) is 6.54 Å². The second-order valence-corrected chi connectivity index (χ2v) is 4.06. The van der Waals surface area contributed by atoms with Crippen molar-refractivity contribution in [3.63, 3.8) is 0 Å². The average Bonchev–Trinajstić information content (AvgIpc) is 2.02. The zero-order valence-electron chi connectivity index (χ0n) is 7.26. The number of nitriles is 1. The number of rotatable bonds is 7.